The molecule has 2 N–H and O–H groups in total. The summed E-state index contributed by atoms with van der Waals surface area (Å²) in [6, 6.07) is 5.77. The summed E-state index contributed by atoms with van der Waals surface area (Å²) in [5.41, 5.74) is 8.98. The van der Waals surface area contributed by atoms with Gasteiger partial charge in [-0.05, 0) is 25.5 Å². The molecule has 0 bridgehead atoms. The summed E-state index contributed by atoms with van der Waals surface area (Å²) >= 11 is 0. The third-order valence-electron chi connectivity index (χ3n) is 2.63. The van der Waals surface area contributed by atoms with Crippen LogP contribution in [0.3, 0.4) is 0 Å². The summed E-state index contributed by atoms with van der Waals surface area (Å²) in [4.78, 5) is 15.4. The van der Waals surface area contributed by atoms with Crippen molar-refractivity contribution in [2.24, 2.45) is 0 Å². The number of aromatic nitrogens is 1. The van der Waals surface area contributed by atoms with Crippen LogP contribution in [0.1, 0.15) is 18.2 Å². The number of hydrogen-bond donors (Lipinski definition) is 1. The molecule has 0 saturated carbocycles. The molecule has 1 aromatic carbocycles. The third-order valence-corrected chi connectivity index (χ3v) is 2.63. The van der Waals surface area contributed by atoms with Crippen LogP contribution in [0.5, 0.6) is 5.75 Å². The van der Waals surface area contributed by atoms with Gasteiger partial charge in [0, 0.05) is 12.3 Å². The molecule has 88 valence electrons. The summed E-state index contributed by atoms with van der Waals surface area (Å²) in [6.07, 6.45) is 0. The number of rotatable bonds is 1. The molecular formula is C13H14N2O2. The van der Waals surface area contributed by atoms with Crippen molar-refractivity contribution in [3.05, 3.63) is 29.5 Å². The maximum absolute atomic E-state index is 11.0. The Balaban J connectivity index is 2.78. The highest BCUT2D eigenvalue weighted by molar-refractivity contribution is 5.97. The molecular weight excluding hydrogens is 216 g/mol. The fourth-order valence-corrected chi connectivity index (χ4v) is 1.91. The lowest BCUT2D eigenvalue weighted by molar-refractivity contribution is -0.131. The minimum Gasteiger partial charge on any atom is -0.423 e. The van der Waals surface area contributed by atoms with Crippen LogP contribution in [0.2, 0.25) is 0 Å². The molecule has 0 fully saturated rings. The normalized spacial score (nSPS) is 10.5. The van der Waals surface area contributed by atoms with E-state index in [1.165, 1.54) is 6.92 Å². The summed E-state index contributed by atoms with van der Waals surface area (Å²) in [5.74, 6) is -0.0335. The van der Waals surface area contributed by atoms with Gasteiger partial charge in [-0.2, -0.15) is 0 Å². The number of ether oxygens (including phenoxy) is 1. The van der Waals surface area contributed by atoms with Crippen molar-refractivity contribution in [2.75, 3.05) is 5.73 Å². The largest absolute Gasteiger partial charge is 0.423 e. The first-order valence-corrected chi connectivity index (χ1v) is 5.34. The number of fused-ring (bicyclic) bond motifs is 1. The summed E-state index contributed by atoms with van der Waals surface area (Å²) in [6.45, 7) is 5.07. The highest BCUT2D eigenvalue weighted by Crippen LogP contribution is 2.33. The smallest absolute Gasteiger partial charge is 0.308 e. The molecule has 0 radical (unpaired) electrons. The molecule has 0 amide bonds. The number of esters is 1. The van der Waals surface area contributed by atoms with Gasteiger partial charge < -0.3 is 10.5 Å². The minimum atomic E-state index is -0.394. The van der Waals surface area contributed by atoms with Gasteiger partial charge in [0.05, 0.1) is 16.9 Å². The maximum Gasteiger partial charge on any atom is 0.308 e. The lowest BCUT2D eigenvalue weighted by Gasteiger charge is -2.12. The van der Waals surface area contributed by atoms with Crippen LogP contribution in [-0.4, -0.2) is 11.0 Å². The molecule has 0 unspecified atom stereocenters. The number of nitrogens with zero attached hydrogens (tertiary/aromatic N) is 1. The molecule has 0 aliphatic heterocycles. The Labute approximate surface area is 99.4 Å². The lowest BCUT2D eigenvalue weighted by atomic mass is 10.1. The summed E-state index contributed by atoms with van der Waals surface area (Å²) in [5, 5.41) is 0.842. The molecule has 0 aliphatic rings. The summed E-state index contributed by atoms with van der Waals surface area (Å²) in [7, 11) is 0. The molecule has 0 aliphatic carbocycles. The molecule has 0 spiro atoms. The Bertz CT molecular complexity index is 606. The van der Waals surface area contributed by atoms with Crippen LogP contribution in [-0.2, 0) is 4.79 Å². The van der Waals surface area contributed by atoms with E-state index < -0.39 is 5.97 Å². The van der Waals surface area contributed by atoms with Gasteiger partial charge in [-0.1, -0.05) is 12.1 Å². The molecule has 1 heterocycles. The Morgan fingerprint density at radius 2 is 2.06 bits per heavy atom. The number of aryl methyl sites for hydroxylation is 2. The number of carbonyl (C=O) groups is 1. The molecule has 2 aromatic rings. The predicted octanol–water partition coefficient (Wildman–Crippen LogP) is 2.36. The Hall–Kier alpha value is -2.10. The Kier molecular flexibility index (Phi) is 2.71. The van der Waals surface area contributed by atoms with E-state index in [-0.39, 0.29) is 0 Å². The zero-order valence-electron chi connectivity index (χ0n) is 10.1. The Morgan fingerprint density at radius 3 is 2.71 bits per heavy atom. The monoisotopic (exact) mass is 230 g/mol. The average Bonchev–Trinajstić information content (AvgIpc) is 2.23. The van der Waals surface area contributed by atoms with Crippen LogP contribution < -0.4 is 10.5 Å². The van der Waals surface area contributed by atoms with Crippen LogP contribution >= 0.6 is 0 Å². The van der Waals surface area contributed by atoms with Gasteiger partial charge >= 0.3 is 5.97 Å². The third kappa shape index (κ3) is 1.93. The van der Waals surface area contributed by atoms with Gasteiger partial charge in [0.25, 0.3) is 0 Å². The number of pyridine rings is 1. The second kappa shape index (κ2) is 4.05. The molecule has 4 nitrogen and oxygen atoms in total. The fraction of sp³-hybridized carbons (Fsp3) is 0.231. The van der Waals surface area contributed by atoms with Gasteiger partial charge in [-0.25, -0.2) is 4.98 Å². The topological polar surface area (TPSA) is 65.2 Å². The van der Waals surface area contributed by atoms with Gasteiger partial charge in [0.1, 0.15) is 0 Å². The van der Waals surface area contributed by atoms with Gasteiger partial charge in [0.2, 0.25) is 0 Å². The van der Waals surface area contributed by atoms with Crippen LogP contribution in [0, 0.1) is 13.8 Å². The first kappa shape index (κ1) is 11.4. The van der Waals surface area contributed by atoms with Crippen molar-refractivity contribution < 1.29 is 9.53 Å². The minimum absolute atomic E-state index is 0.360. The van der Waals surface area contributed by atoms with Crippen molar-refractivity contribution in [2.45, 2.75) is 20.8 Å². The first-order valence-electron chi connectivity index (χ1n) is 5.34. The van der Waals surface area contributed by atoms with E-state index in [1.54, 1.807) is 6.92 Å². The van der Waals surface area contributed by atoms with E-state index in [2.05, 4.69) is 4.98 Å². The van der Waals surface area contributed by atoms with E-state index >= 15 is 0 Å². The number of anilines is 1. The lowest BCUT2D eigenvalue weighted by Crippen LogP contribution is -2.07. The van der Waals surface area contributed by atoms with Gasteiger partial charge in [0.15, 0.2) is 5.75 Å². The molecule has 4 heteroatoms. The SMILES string of the molecule is CC(=O)Oc1c(C)nc2cccc(C)c2c1N. The van der Waals surface area contributed by atoms with Crippen molar-refractivity contribution in [3.63, 3.8) is 0 Å². The molecule has 0 atom stereocenters. The zero-order chi connectivity index (χ0) is 12.6. The van der Waals surface area contributed by atoms with E-state index in [1.807, 2.05) is 25.1 Å². The standard InChI is InChI=1S/C13H14N2O2/c1-7-5-4-6-10-11(7)12(14)13(8(2)15-10)17-9(3)16/h4-6H,1-3H3,(H2,14,15). The van der Waals surface area contributed by atoms with E-state index in [0.717, 1.165) is 16.5 Å². The average molecular weight is 230 g/mol. The molecule has 2 rings (SSSR count). The molecule has 17 heavy (non-hydrogen) atoms. The molecule has 1 aromatic heterocycles. The molecule has 0 saturated heterocycles. The van der Waals surface area contributed by atoms with Crippen molar-refractivity contribution >= 4 is 22.6 Å². The fourth-order valence-electron chi connectivity index (χ4n) is 1.91. The van der Waals surface area contributed by atoms with Crippen molar-refractivity contribution in [1.29, 1.82) is 0 Å². The Morgan fingerprint density at radius 1 is 1.35 bits per heavy atom. The number of hydrogen-bond acceptors (Lipinski definition) is 4. The number of nitrogen functional groups attached to an aromatic ring is 1. The van der Waals surface area contributed by atoms with Crippen molar-refractivity contribution in [1.82, 2.24) is 4.98 Å². The quantitative estimate of drug-likeness (QED) is 0.764. The highest BCUT2D eigenvalue weighted by atomic mass is 16.5. The van der Waals surface area contributed by atoms with Crippen LogP contribution in [0.15, 0.2) is 18.2 Å². The second-order valence-electron chi connectivity index (χ2n) is 4.00. The summed E-state index contributed by atoms with van der Waals surface area (Å²) < 4.78 is 5.11. The van der Waals surface area contributed by atoms with E-state index in [0.29, 0.717) is 17.1 Å². The van der Waals surface area contributed by atoms with Gasteiger partial charge in [-0.3, -0.25) is 4.79 Å². The maximum atomic E-state index is 11.0. The second-order valence-corrected chi connectivity index (χ2v) is 4.00. The first-order chi connectivity index (χ1) is 8.00. The van der Waals surface area contributed by atoms with E-state index in [9.17, 15) is 4.79 Å². The van der Waals surface area contributed by atoms with Crippen LogP contribution in [0.4, 0.5) is 5.69 Å². The van der Waals surface area contributed by atoms with Crippen molar-refractivity contribution in [3.8, 4) is 5.75 Å². The predicted molar refractivity (Wildman–Crippen MR) is 66.9 cm³/mol. The number of carbonyl (C=O) groups excluding carboxylic acids is 1. The number of nitrogens with two attached hydrogens (primary N) is 1. The highest BCUT2D eigenvalue weighted by Gasteiger charge is 2.14. The van der Waals surface area contributed by atoms with Gasteiger partial charge in [-0.15, -0.1) is 0 Å². The van der Waals surface area contributed by atoms with Crippen LogP contribution in [0.25, 0.3) is 10.9 Å². The van der Waals surface area contributed by atoms with E-state index in [4.69, 9.17) is 10.5 Å². The zero-order valence-corrected chi connectivity index (χ0v) is 10.1. The number of benzene rings is 1.